The number of hydrogen-bond donors (Lipinski definition) is 1. The number of Topliss-reactive ketones (excluding diaryl/α,β-unsaturated/α-hetero) is 1. The van der Waals surface area contributed by atoms with Crippen LogP contribution in [0, 0.1) is 11.7 Å². The van der Waals surface area contributed by atoms with Gasteiger partial charge in [-0.3, -0.25) is 9.69 Å². The Hall–Kier alpha value is -1.26. The summed E-state index contributed by atoms with van der Waals surface area (Å²) in [7, 11) is 0. The molecule has 1 aromatic rings. The van der Waals surface area contributed by atoms with Crippen molar-refractivity contribution in [3.63, 3.8) is 0 Å². The predicted molar refractivity (Wildman–Crippen MR) is 71.6 cm³/mol. The van der Waals surface area contributed by atoms with Crippen LogP contribution >= 0.6 is 0 Å². The SMILES string of the molecule is CC1CCN(C(C)C(=O)c2ccc(F)cc2)CC1O. The van der Waals surface area contributed by atoms with Crippen molar-refractivity contribution < 1.29 is 14.3 Å². The summed E-state index contributed by atoms with van der Waals surface area (Å²) < 4.78 is 12.8. The molecule has 3 unspecified atom stereocenters. The number of ketones is 1. The summed E-state index contributed by atoms with van der Waals surface area (Å²) in [5, 5.41) is 9.88. The summed E-state index contributed by atoms with van der Waals surface area (Å²) >= 11 is 0. The Morgan fingerprint density at radius 1 is 1.42 bits per heavy atom. The summed E-state index contributed by atoms with van der Waals surface area (Å²) in [5.74, 6) is -0.0856. The third-order valence-corrected chi connectivity index (χ3v) is 4.01. The first-order chi connectivity index (χ1) is 8.99. The maximum absolute atomic E-state index is 12.8. The van der Waals surface area contributed by atoms with E-state index < -0.39 is 0 Å². The number of hydrogen-bond acceptors (Lipinski definition) is 3. The Morgan fingerprint density at radius 3 is 2.63 bits per heavy atom. The quantitative estimate of drug-likeness (QED) is 0.851. The van der Waals surface area contributed by atoms with Crippen LogP contribution in [0.4, 0.5) is 4.39 Å². The zero-order chi connectivity index (χ0) is 14.0. The fourth-order valence-electron chi connectivity index (χ4n) is 2.45. The molecule has 0 saturated carbocycles. The summed E-state index contributed by atoms with van der Waals surface area (Å²) in [6, 6.07) is 5.33. The summed E-state index contributed by atoms with van der Waals surface area (Å²) in [4.78, 5) is 14.3. The molecule has 4 heteroatoms. The van der Waals surface area contributed by atoms with Gasteiger partial charge in [0.2, 0.25) is 0 Å². The number of aliphatic hydroxyl groups excluding tert-OH is 1. The maximum atomic E-state index is 12.8. The monoisotopic (exact) mass is 265 g/mol. The van der Waals surface area contributed by atoms with E-state index in [1.165, 1.54) is 24.3 Å². The number of carbonyl (C=O) groups is 1. The molecule has 19 heavy (non-hydrogen) atoms. The van der Waals surface area contributed by atoms with Crippen molar-refractivity contribution >= 4 is 5.78 Å². The fourth-order valence-corrected chi connectivity index (χ4v) is 2.45. The van der Waals surface area contributed by atoms with Crippen molar-refractivity contribution in [2.45, 2.75) is 32.4 Å². The van der Waals surface area contributed by atoms with E-state index in [4.69, 9.17) is 0 Å². The Balaban J connectivity index is 2.05. The van der Waals surface area contributed by atoms with Gasteiger partial charge in [-0.2, -0.15) is 0 Å². The standard InChI is InChI=1S/C15H20FNO2/c1-10-7-8-17(9-14(10)18)11(2)15(19)12-3-5-13(16)6-4-12/h3-6,10-11,14,18H,7-9H2,1-2H3. The van der Waals surface area contributed by atoms with Crippen LogP contribution in [0.1, 0.15) is 30.6 Å². The minimum Gasteiger partial charge on any atom is -0.392 e. The first-order valence-electron chi connectivity index (χ1n) is 6.71. The number of β-amino-alcohol motifs (C(OH)–C–C–N with tert-alkyl or cyclic N) is 1. The van der Waals surface area contributed by atoms with Gasteiger partial charge in [-0.05, 0) is 50.1 Å². The summed E-state index contributed by atoms with van der Waals surface area (Å²) in [5.41, 5.74) is 0.516. The zero-order valence-electron chi connectivity index (χ0n) is 11.3. The zero-order valence-corrected chi connectivity index (χ0v) is 11.3. The van der Waals surface area contributed by atoms with Crippen molar-refractivity contribution in [3.05, 3.63) is 35.6 Å². The molecule has 1 aliphatic rings. The Kier molecular flexibility index (Phi) is 4.32. The third kappa shape index (κ3) is 3.19. The van der Waals surface area contributed by atoms with Crippen LogP contribution in [-0.4, -0.2) is 41.0 Å². The Bertz CT molecular complexity index is 446. The second kappa shape index (κ2) is 5.80. The maximum Gasteiger partial charge on any atom is 0.179 e. The van der Waals surface area contributed by atoms with Crippen LogP contribution in [0.5, 0.6) is 0 Å². The lowest BCUT2D eigenvalue weighted by Crippen LogP contribution is -2.49. The molecule has 1 heterocycles. The molecule has 0 amide bonds. The van der Waals surface area contributed by atoms with Gasteiger partial charge in [0.15, 0.2) is 5.78 Å². The van der Waals surface area contributed by atoms with Gasteiger partial charge in [-0.25, -0.2) is 4.39 Å². The molecule has 0 aliphatic carbocycles. The number of aliphatic hydroxyl groups is 1. The van der Waals surface area contributed by atoms with E-state index in [9.17, 15) is 14.3 Å². The largest absolute Gasteiger partial charge is 0.392 e. The number of rotatable bonds is 3. The van der Waals surface area contributed by atoms with E-state index in [2.05, 4.69) is 0 Å². The minimum absolute atomic E-state index is 0.0262. The van der Waals surface area contributed by atoms with E-state index in [-0.39, 0.29) is 29.7 Å². The molecular weight excluding hydrogens is 245 g/mol. The second-order valence-electron chi connectivity index (χ2n) is 5.38. The van der Waals surface area contributed by atoms with Crippen LogP contribution in [0.25, 0.3) is 0 Å². The smallest absolute Gasteiger partial charge is 0.179 e. The summed E-state index contributed by atoms with van der Waals surface area (Å²) in [6.45, 7) is 5.20. The van der Waals surface area contributed by atoms with Crippen LogP contribution in [0.2, 0.25) is 0 Å². The predicted octanol–water partition coefficient (Wildman–Crippen LogP) is 2.10. The van der Waals surface area contributed by atoms with E-state index in [1.807, 2.05) is 18.7 Å². The van der Waals surface area contributed by atoms with Gasteiger partial charge in [-0.1, -0.05) is 6.92 Å². The highest BCUT2D eigenvalue weighted by Gasteiger charge is 2.30. The van der Waals surface area contributed by atoms with Crippen molar-refractivity contribution in [2.75, 3.05) is 13.1 Å². The molecule has 0 radical (unpaired) electrons. The molecule has 3 nitrogen and oxygen atoms in total. The lowest BCUT2D eigenvalue weighted by Gasteiger charge is -2.37. The average molecular weight is 265 g/mol. The molecule has 104 valence electrons. The molecule has 3 atom stereocenters. The Morgan fingerprint density at radius 2 is 2.05 bits per heavy atom. The summed E-state index contributed by atoms with van der Waals surface area (Å²) in [6.07, 6.45) is 0.513. The number of piperidine rings is 1. The molecule has 0 aromatic heterocycles. The molecule has 0 bridgehead atoms. The average Bonchev–Trinajstić information content (AvgIpc) is 2.41. The van der Waals surface area contributed by atoms with E-state index in [1.54, 1.807) is 0 Å². The van der Waals surface area contributed by atoms with Crippen molar-refractivity contribution in [3.8, 4) is 0 Å². The van der Waals surface area contributed by atoms with Crippen LogP contribution in [0.3, 0.4) is 0 Å². The van der Waals surface area contributed by atoms with Crippen LogP contribution in [0.15, 0.2) is 24.3 Å². The molecule has 1 aromatic carbocycles. The van der Waals surface area contributed by atoms with E-state index >= 15 is 0 Å². The lowest BCUT2D eigenvalue weighted by molar-refractivity contribution is 0.0146. The van der Waals surface area contributed by atoms with E-state index in [0.717, 1.165) is 13.0 Å². The van der Waals surface area contributed by atoms with Crippen molar-refractivity contribution in [1.82, 2.24) is 4.90 Å². The normalized spacial score (nSPS) is 26.1. The molecule has 0 spiro atoms. The third-order valence-electron chi connectivity index (χ3n) is 4.01. The van der Waals surface area contributed by atoms with Gasteiger partial charge >= 0.3 is 0 Å². The fraction of sp³-hybridized carbons (Fsp3) is 0.533. The highest BCUT2D eigenvalue weighted by Crippen LogP contribution is 2.20. The van der Waals surface area contributed by atoms with Gasteiger partial charge in [0.05, 0.1) is 12.1 Å². The van der Waals surface area contributed by atoms with Gasteiger partial charge in [-0.15, -0.1) is 0 Å². The van der Waals surface area contributed by atoms with Gasteiger partial charge in [0.25, 0.3) is 0 Å². The highest BCUT2D eigenvalue weighted by atomic mass is 19.1. The topological polar surface area (TPSA) is 40.5 Å². The van der Waals surface area contributed by atoms with Crippen LogP contribution < -0.4 is 0 Å². The number of likely N-dealkylation sites (tertiary alicyclic amines) is 1. The number of halogens is 1. The number of carbonyl (C=O) groups excluding carboxylic acids is 1. The first kappa shape index (κ1) is 14.2. The molecule has 1 aliphatic heterocycles. The van der Waals surface area contributed by atoms with Gasteiger partial charge < -0.3 is 5.11 Å². The highest BCUT2D eigenvalue weighted by molar-refractivity contribution is 5.99. The molecule has 2 rings (SSSR count). The van der Waals surface area contributed by atoms with Crippen LogP contribution in [-0.2, 0) is 0 Å². The number of nitrogens with zero attached hydrogens (tertiary/aromatic N) is 1. The molecule has 1 saturated heterocycles. The lowest BCUT2D eigenvalue weighted by atomic mass is 9.93. The minimum atomic E-state index is -0.378. The van der Waals surface area contributed by atoms with E-state index in [0.29, 0.717) is 12.1 Å². The first-order valence-corrected chi connectivity index (χ1v) is 6.71. The van der Waals surface area contributed by atoms with Crippen molar-refractivity contribution in [1.29, 1.82) is 0 Å². The van der Waals surface area contributed by atoms with Crippen molar-refractivity contribution in [2.24, 2.45) is 5.92 Å². The van der Waals surface area contributed by atoms with Gasteiger partial charge in [0, 0.05) is 12.1 Å². The van der Waals surface area contributed by atoms with Gasteiger partial charge in [0.1, 0.15) is 5.82 Å². The number of benzene rings is 1. The Labute approximate surface area is 113 Å². The molecule has 1 fully saturated rings. The molecule has 1 N–H and O–H groups in total. The second-order valence-corrected chi connectivity index (χ2v) is 5.38. The molecular formula is C15H20FNO2.